The summed E-state index contributed by atoms with van der Waals surface area (Å²) in [4.78, 5) is 14.8. The molecule has 1 fully saturated rings. The molecular formula is C24H30N2O4. The third kappa shape index (κ3) is 4.38. The van der Waals surface area contributed by atoms with Crippen LogP contribution in [0.15, 0.2) is 36.4 Å². The summed E-state index contributed by atoms with van der Waals surface area (Å²) in [5.74, 6) is 2.69. The van der Waals surface area contributed by atoms with Crippen molar-refractivity contribution in [2.24, 2.45) is 5.92 Å². The van der Waals surface area contributed by atoms with E-state index in [2.05, 4.69) is 34.5 Å². The second kappa shape index (κ2) is 8.96. The van der Waals surface area contributed by atoms with Crippen LogP contribution in [0.3, 0.4) is 0 Å². The number of benzene rings is 2. The zero-order valence-corrected chi connectivity index (χ0v) is 17.9. The molecule has 0 spiro atoms. The number of ether oxygens (including phenoxy) is 3. The number of fused-ring (bicyclic) bond motifs is 1. The predicted molar refractivity (Wildman–Crippen MR) is 115 cm³/mol. The Kier molecular flexibility index (Phi) is 6.13. The predicted octanol–water partition coefficient (Wildman–Crippen LogP) is 3.34. The molecule has 0 bridgehead atoms. The average molecular weight is 411 g/mol. The molecule has 1 aliphatic heterocycles. The van der Waals surface area contributed by atoms with Crippen molar-refractivity contribution in [3.8, 4) is 17.2 Å². The first-order chi connectivity index (χ1) is 14.6. The molecule has 6 heteroatoms. The minimum atomic E-state index is 0.0717. The summed E-state index contributed by atoms with van der Waals surface area (Å²) >= 11 is 0. The fraction of sp³-hybridized carbons (Fsp3) is 0.458. The van der Waals surface area contributed by atoms with Crippen LogP contribution in [0, 0.1) is 5.92 Å². The summed E-state index contributed by atoms with van der Waals surface area (Å²) in [5.41, 5.74) is 3.63. The Labute approximate surface area is 178 Å². The van der Waals surface area contributed by atoms with Crippen molar-refractivity contribution in [1.82, 2.24) is 10.2 Å². The van der Waals surface area contributed by atoms with E-state index in [1.54, 1.807) is 21.3 Å². The van der Waals surface area contributed by atoms with Crippen LogP contribution in [0.25, 0.3) is 0 Å². The van der Waals surface area contributed by atoms with E-state index in [4.69, 9.17) is 14.2 Å². The van der Waals surface area contributed by atoms with Gasteiger partial charge in [0.05, 0.1) is 27.4 Å². The van der Waals surface area contributed by atoms with Crippen LogP contribution in [0.4, 0.5) is 0 Å². The summed E-state index contributed by atoms with van der Waals surface area (Å²) in [6.07, 6.45) is 2.93. The Morgan fingerprint density at radius 3 is 2.53 bits per heavy atom. The molecule has 0 saturated heterocycles. The zero-order valence-electron chi connectivity index (χ0n) is 17.9. The lowest BCUT2D eigenvalue weighted by atomic mass is 9.91. The van der Waals surface area contributed by atoms with Crippen molar-refractivity contribution in [1.29, 1.82) is 0 Å². The Balaban J connectivity index is 1.62. The molecule has 1 heterocycles. The highest BCUT2D eigenvalue weighted by Gasteiger charge is 2.33. The quantitative estimate of drug-likeness (QED) is 0.723. The van der Waals surface area contributed by atoms with Crippen LogP contribution in [0.2, 0.25) is 0 Å². The number of methoxy groups -OCH3 is 3. The van der Waals surface area contributed by atoms with Crippen LogP contribution in [0.1, 0.15) is 35.6 Å². The van der Waals surface area contributed by atoms with Gasteiger partial charge in [-0.3, -0.25) is 9.69 Å². The second-order valence-corrected chi connectivity index (χ2v) is 8.01. The average Bonchev–Trinajstić information content (AvgIpc) is 3.62. The van der Waals surface area contributed by atoms with Gasteiger partial charge in [-0.05, 0) is 60.2 Å². The van der Waals surface area contributed by atoms with Gasteiger partial charge in [-0.15, -0.1) is 0 Å². The molecule has 160 valence electrons. The van der Waals surface area contributed by atoms with E-state index in [1.807, 2.05) is 12.1 Å². The molecule has 1 N–H and O–H groups in total. The topological polar surface area (TPSA) is 60.0 Å². The monoisotopic (exact) mass is 410 g/mol. The van der Waals surface area contributed by atoms with Gasteiger partial charge in [-0.25, -0.2) is 0 Å². The molecular weight excluding hydrogens is 380 g/mol. The lowest BCUT2D eigenvalue weighted by molar-refractivity contribution is -0.122. The SMILES string of the molecule is COc1cccc(CN2CCc3cc(OC)c(OC)cc3[C@H]2CNC(=O)C2CC2)c1. The molecule has 0 unspecified atom stereocenters. The highest BCUT2D eigenvalue weighted by Crippen LogP contribution is 2.39. The Hall–Kier alpha value is -2.73. The fourth-order valence-electron chi connectivity index (χ4n) is 4.20. The number of nitrogens with zero attached hydrogens (tertiary/aromatic N) is 1. The lowest BCUT2D eigenvalue weighted by Gasteiger charge is -2.38. The van der Waals surface area contributed by atoms with E-state index in [0.29, 0.717) is 6.54 Å². The van der Waals surface area contributed by atoms with Gasteiger partial charge in [0.15, 0.2) is 11.5 Å². The molecule has 2 aromatic rings. The van der Waals surface area contributed by atoms with Crippen molar-refractivity contribution in [2.45, 2.75) is 31.8 Å². The fourth-order valence-corrected chi connectivity index (χ4v) is 4.20. The number of hydrogen-bond donors (Lipinski definition) is 1. The van der Waals surface area contributed by atoms with Crippen LogP contribution < -0.4 is 19.5 Å². The zero-order chi connectivity index (χ0) is 21.1. The first-order valence-corrected chi connectivity index (χ1v) is 10.5. The van der Waals surface area contributed by atoms with Gasteiger partial charge in [0.2, 0.25) is 5.91 Å². The molecule has 0 radical (unpaired) electrons. The van der Waals surface area contributed by atoms with E-state index in [1.165, 1.54) is 16.7 Å². The first kappa shape index (κ1) is 20.5. The highest BCUT2D eigenvalue weighted by molar-refractivity contribution is 5.80. The molecule has 2 aromatic carbocycles. The highest BCUT2D eigenvalue weighted by atomic mass is 16.5. The maximum Gasteiger partial charge on any atom is 0.223 e. The largest absolute Gasteiger partial charge is 0.497 e. The molecule has 1 aliphatic carbocycles. The van der Waals surface area contributed by atoms with Crippen LogP contribution >= 0.6 is 0 Å². The lowest BCUT2D eigenvalue weighted by Crippen LogP contribution is -2.42. The third-order valence-corrected chi connectivity index (χ3v) is 6.05. The summed E-state index contributed by atoms with van der Waals surface area (Å²) in [5, 5.41) is 3.18. The van der Waals surface area contributed by atoms with Crippen molar-refractivity contribution in [3.05, 3.63) is 53.1 Å². The van der Waals surface area contributed by atoms with Gasteiger partial charge >= 0.3 is 0 Å². The second-order valence-electron chi connectivity index (χ2n) is 8.01. The smallest absolute Gasteiger partial charge is 0.223 e. The molecule has 2 aliphatic rings. The van der Waals surface area contributed by atoms with Gasteiger partial charge in [-0.1, -0.05) is 12.1 Å². The first-order valence-electron chi connectivity index (χ1n) is 10.5. The standard InChI is InChI=1S/C24H30N2O4/c1-28-19-6-4-5-16(11-19)15-26-10-9-18-12-22(29-2)23(30-3)13-20(18)21(26)14-25-24(27)17-7-8-17/h4-6,11-13,17,21H,7-10,14-15H2,1-3H3,(H,25,27)/t21-/m1/s1. The molecule has 1 atom stereocenters. The number of rotatable bonds is 8. The number of carbonyl (C=O) groups is 1. The van der Waals surface area contributed by atoms with Gasteiger partial charge in [0.25, 0.3) is 0 Å². The van der Waals surface area contributed by atoms with Gasteiger partial charge in [0, 0.05) is 25.6 Å². The van der Waals surface area contributed by atoms with Crippen molar-refractivity contribution in [3.63, 3.8) is 0 Å². The molecule has 6 nitrogen and oxygen atoms in total. The minimum absolute atomic E-state index is 0.0717. The van der Waals surface area contributed by atoms with E-state index < -0.39 is 0 Å². The molecule has 30 heavy (non-hydrogen) atoms. The van der Waals surface area contributed by atoms with E-state index >= 15 is 0 Å². The van der Waals surface area contributed by atoms with Gasteiger partial charge < -0.3 is 19.5 Å². The van der Waals surface area contributed by atoms with Gasteiger partial charge in [-0.2, -0.15) is 0 Å². The summed E-state index contributed by atoms with van der Waals surface area (Å²) in [6.45, 7) is 2.28. The molecule has 1 amide bonds. The summed E-state index contributed by atoms with van der Waals surface area (Å²) < 4.78 is 16.5. The number of carbonyl (C=O) groups excluding carboxylic acids is 1. The van der Waals surface area contributed by atoms with Crippen molar-refractivity contribution in [2.75, 3.05) is 34.4 Å². The number of amides is 1. The van der Waals surface area contributed by atoms with Crippen molar-refractivity contribution >= 4 is 5.91 Å². The molecule has 1 saturated carbocycles. The van der Waals surface area contributed by atoms with E-state index in [-0.39, 0.29) is 17.9 Å². The van der Waals surface area contributed by atoms with E-state index in [0.717, 1.165) is 49.6 Å². The normalized spacial score (nSPS) is 18.4. The molecule has 4 rings (SSSR count). The van der Waals surface area contributed by atoms with Crippen molar-refractivity contribution < 1.29 is 19.0 Å². The Morgan fingerprint density at radius 1 is 1.07 bits per heavy atom. The van der Waals surface area contributed by atoms with Crippen LogP contribution in [0.5, 0.6) is 17.2 Å². The molecule has 0 aromatic heterocycles. The Morgan fingerprint density at radius 2 is 1.83 bits per heavy atom. The minimum Gasteiger partial charge on any atom is -0.497 e. The summed E-state index contributed by atoms with van der Waals surface area (Å²) in [7, 11) is 5.01. The number of hydrogen-bond acceptors (Lipinski definition) is 5. The van der Waals surface area contributed by atoms with Crippen LogP contribution in [-0.2, 0) is 17.8 Å². The Bertz CT molecular complexity index is 910. The van der Waals surface area contributed by atoms with E-state index in [9.17, 15) is 4.79 Å². The maximum absolute atomic E-state index is 12.3. The number of nitrogens with one attached hydrogen (secondary N) is 1. The summed E-state index contributed by atoms with van der Waals surface area (Å²) in [6, 6.07) is 12.4. The maximum atomic E-state index is 12.3. The van der Waals surface area contributed by atoms with Crippen LogP contribution in [-0.4, -0.2) is 45.2 Å². The van der Waals surface area contributed by atoms with Gasteiger partial charge in [0.1, 0.15) is 5.75 Å². The third-order valence-electron chi connectivity index (χ3n) is 6.05.